The molecule has 4 N–H and O–H groups in total. The molecule has 3 aromatic carbocycles. The predicted molar refractivity (Wildman–Crippen MR) is 88.0 cm³/mol. The fraction of sp³-hybridized carbons (Fsp3) is 0.0526. The monoisotopic (exact) mass is 290 g/mol. The van der Waals surface area contributed by atoms with E-state index < -0.39 is 0 Å². The van der Waals surface area contributed by atoms with Crippen LogP contribution in [0.15, 0.2) is 60.7 Å². The van der Waals surface area contributed by atoms with E-state index in [9.17, 15) is 4.39 Å². The van der Waals surface area contributed by atoms with E-state index in [4.69, 9.17) is 11.5 Å². The molecular formula is C19H15FN2. The average molecular weight is 290 g/mol. The highest BCUT2D eigenvalue weighted by Crippen LogP contribution is 2.49. The first kappa shape index (κ1) is 12.9. The Morgan fingerprint density at radius 3 is 1.68 bits per heavy atom. The van der Waals surface area contributed by atoms with Gasteiger partial charge < -0.3 is 11.5 Å². The standard InChI is InChI=1S/C19H15FN2/c20-12-3-1-11(2-4-12)19-17-9-13(21)5-7-15(17)16-8-6-14(22)10-18(16)19/h1-10,19H,21-22H2. The summed E-state index contributed by atoms with van der Waals surface area (Å²) < 4.78 is 13.3. The SMILES string of the molecule is Nc1ccc2c(c1)C(c1ccc(F)cc1)c1cc(N)ccc1-2. The highest BCUT2D eigenvalue weighted by atomic mass is 19.1. The van der Waals surface area contributed by atoms with Crippen LogP contribution in [-0.2, 0) is 0 Å². The summed E-state index contributed by atoms with van der Waals surface area (Å²) in [5, 5.41) is 0. The van der Waals surface area contributed by atoms with Crippen molar-refractivity contribution < 1.29 is 4.39 Å². The first-order valence-electron chi connectivity index (χ1n) is 7.18. The zero-order chi connectivity index (χ0) is 15.3. The number of halogens is 1. The summed E-state index contributed by atoms with van der Waals surface area (Å²) in [6, 6.07) is 18.5. The Labute approximate surface area is 128 Å². The highest BCUT2D eigenvalue weighted by Gasteiger charge is 2.30. The van der Waals surface area contributed by atoms with E-state index in [1.54, 1.807) is 0 Å². The summed E-state index contributed by atoms with van der Waals surface area (Å²) in [7, 11) is 0. The summed E-state index contributed by atoms with van der Waals surface area (Å²) in [5.74, 6) is -0.194. The number of hydrogen-bond donors (Lipinski definition) is 2. The van der Waals surface area contributed by atoms with Gasteiger partial charge >= 0.3 is 0 Å². The second-order valence-corrected chi connectivity index (χ2v) is 5.68. The fourth-order valence-electron chi connectivity index (χ4n) is 3.31. The Morgan fingerprint density at radius 2 is 1.18 bits per heavy atom. The Bertz CT molecular complexity index is 818. The molecule has 0 amide bonds. The lowest BCUT2D eigenvalue weighted by Gasteiger charge is -2.15. The zero-order valence-corrected chi connectivity index (χ0v) is 11.9. The first-order valence-corrected chi connectivity index (χ1v) is 7.18. The van der Waals surface area contributed by atoms with Crippen molar-refractivity contribution in [2.45, 2.75) is 5.92 Å². The molecule has 0 radical (unpaired) electrons. The van der Waals surface area contributed by atoms with Crippen molar-refractivity contribution in [2.75, 3.05) is 11.5 Å². The molecule has 0 heterocycles. The highest BCUT2D eigenvalue weighted by molar-refractivity contribution is 5.83. The van der Waals surface area contributed by atoms with E-state index in [1.807, 2.05) is 48.5 Å². The lowest BCUT2D eigenvalue weighted by molar-refractivity contribution is 0.627. The van der Waals surface area contributed by atoms with E-state index in [1.165, 1.54) is 23.3 Å². The van der Waals surface area contributed by atoms with Crippen molar-refractivity contribution in [1.29, 1.82) is 0 Å². The van der Waals surface area contributed by atoms with Crippen LogP contribution in [0.1, 0.15) is 22.6 Å². The number of benzene rings is 3. The van der Waals surface area contributed by atoms with E-state index in [0.29, 0.717) is 0 Å². The molecule has 0 unspecified atom stereocenters. The predicted octanol–water partition coefficient (Wildman–Crippen LogP) is 4.15. The summed E-state index contributed by atoms with van der Waals surface area (Å²) in [6.45, 7) is 0. The molecule has 0 aliphatic heterocycles. The normalized spacial score (nSPS) is 13.0. The van der Waals surface area contributed by atoms with Crippen molar-refractivity contribution >= 4 is 11.4 Å². The van der Waals surface area contributed by atoms with Gasteiger partial charge in [0.05, 0.1) is 0 Å². The van der Waals surface area contributed by atoms with Crippen LogP contribution < -0.4 is 11.5 Å². The van der Waals surface area contributed by atoms with Crippen LogP contribution in [0.5, 0.6) is 0 Å². The summed E-state index contributed by atoms with van der Waals surface area (Å²) in [5.41, 5.74) is 19.1. The van der Waals surface area contributed by atoms with E-state index >= 15 is 0 Å². The van der Waals surface area contributed by atoms with Crippen molar-refractivity contribution in [3.05, 3.63) is 83.2 Å². The largest absolute Gasteiger partial charge is 0.399 e. The number of nitrogen functional groups attached to an aromatic ring is 2. The summed E-state index contributed by atoms with van der Waals surface area (Å²) in [6.07, 6.45) is 0. The minimum absolute atomic E-state index is 0.0394. The van der Waals surface area contributed by atoms with Gasteiger partial charge in [-0.15, -0.1) is 0 Å². The van der Waals surface area contributed by atoms with E-state index in [-0.39, 0.29) is 11.7 Å². The number of anilines is 2. The van der Waals surface area contributed by atoms with Gasteiger partial charge in [0.15, 0.2) is 0 Å². The van der Waals surface area contributed by atoms with Gasteiger partial charge in [-0.05, 0) is 64.2 Å². The van der Waals surface area contributed by atoms with Gasteiger partial charge in [-0.25, -0.2) is 4.39 Å². The van der Waals surface area contributed by atoms with Gasteiger partial charge in [0, 0.05) is 17.3 Å². The van der Waals surface area contributed by atoms with Crippen LogP contribution >= 0.6 is 0 Å². The molecular weight excluding hydrogens is 275 g/mol. The van der Waals surface area contributed by atoms with Crippen molar-refractivity contribution in [3.8, 4) is 11.1 Å². The summed E-state index contributed by atoms with van der Waals surface area (Å²) in [4.78, 5) is 0. The molecule has 3 heteroatoms. The lowest BCUT2D eigenvalue weighted by atomic mass is 9.89. The Morgan fingerprint density at radius 1 is 0.682 bits per heavy atom. The molecule has 0 spiro atoms. The van der Waals surface area contributed by atoms with Crippen LogP contribution in [0, 0.1) is 5.82 Å². The third kappa shape index (κ3) is 1.86. The Kier molecular flexibility index (Phi) is 2.70. The summed E-state index contributed by atoms with van der Waals surface area (Å²) >= 11 is 0. The number of rotatable bonds is 1. The van der Waals surface area contributed by atoms with Gasteiger partial charge in [-0.2, -0.15) is 0 Å². The molecule has 0 atom stereocenters. The lowest BCUT2D eigenvalue weighted by Crippen LogP contribution is -2.00. The molecule has 0 fully saturated rings. The number of nitrogens with two attached hydrogens (primary N) is 2. The fourth-order valence-corrected chi connectivity index (χ4v) is 3.31. The number of fused-ring (bicyclic) bond motifs is 3. The van der Waals surface area contributed by atoms with Crippen molar-refractivity contribution in [3.63, 3.8) is 0 Å². The molecule has 0 bridgehead atoms. The van der Waals surface area contributed by atoms with Crippen molar-refractivity contribution in [1.82, 2.24) is 0 Å². The quantitative estimate of drug-likeness (QED) is 0.517. The van der Waals surface area contributed by atoms with Crippen LogP contribution in [0.2, 0.25) is 0 Å². The topological polar surface area (TPSA) is 52.0 Å². The molecule has 0 saturated heterocycles. The maximum Gasteiger partial charge on any atom is 0.123 e. The smallest absolute Gasteiger partial charge is 0.123 e. The Balaban J connectivity index is 1.99. The van der Waals surface area contributed by atoms with Gasteiger partial charge in [-0.1, -0.05) is 24.3 Å². The average Bonchev–Trinajstić information content (AvgIpc) is 2.80. The first-order chi connectivity index (χ1) is 10.6. The molecule has 0 aromatic heterocycles. The van der Waals surface area contributed by atoms with Crippen LogP contribution in [-0.4, -0.2) is 0 Å². The number of hydrogen-bond acceptors (Lipinski definition) is 2. The van der Waals surface area contributed by atoms with Gasteiger partial charge in [0.1, 0.15) is 5.82 Å². The second-order valence-electron chi connectivity index (χ2n) is 5.68. The van der Waals surface area contributed by atoms with Gasteiger partial charge in [-0.3, -0.25) is 0 Å². The molecule has 3 aromatic rings. The van der Waals surface area contributed by atoms with E-state index in [2.05, 4.69) is 0 Å². The minimum Gasteiger partial charge on any atom is -0.399 e. The maximum absolute atomic E-state index is 13.3. The van der Waals surface area contributed by atoms with Gasteiger partial charge in [0.2, 0.25) is 0 Å². The third-order valence-corrected chi connectivity index (χ3v) is 4.27. The maximum atomic E-state index is 13.3. The van der Waals surface area contributed by atoms with Crippen LogP contribution in [0.4, 0.5) is 15.8 Å². The van der Waals surface area contributed by atoms with Crippen LogP contribution in [0.3, 0.4) is 0 Å². The molecule has 0 saturated carbocycles. The molecule has 22 heavy (non-hydrogen) atoms. The molecule has 2 nitrogen and oxygen atoms in total. The molecule has 1 aliphatic rings. The zero-order valence-electron chi connectivity index (χ0n) is 11.9. The molecule has 1 aliphatic carbocycles. The van der Waals surface area contributed by atoms with Gasteiger partial charge in [0.25, 0.3) is 0 Å². The molecule has 4 rings (SSSR count). The van der Waals surface area contributed by atoms with E-state index in [0.717, 1.165) is 28.1 Å². The van der Waals surface area contributed by atoms with Crippen LogP contribution in [0.25, 0.3) is 11.1 Å². The Hall–Kier alpha value is -2.81. The second kappa shape index (κ2) is 4.60. The van der Waals surface area contributed by atoms with Crippen molar-refractivity contribution in [2.24, 2.45) is 0 Å². The molecule has 108 valence electrons. The minimum atomic E-state index is -0.234. The third-order valence-electron chi connectivity index (χ3n) is 4.27.